The van der Waals surface area contributed by atoms with E-state index in [0.717, 1.165) is 22.5 Å². The molecule has 0 unspecified atom stereocenters. The average molecular weight is 390 g/mol. The van der Waals surface area contributed by atoms with Gasteiger partial charge in [-0.2, -0.15) is 5.10 Å². The number of rotatable bonds is 6. The topological polar surface area (TPSA) is 64.0 Å². The van der Waals surface area contributed by atoms with E-state index in [4.69, 9.17) is 11.6 Å². The number of benzene rings is 2. The lowest BCUT2D eigenvalue weighted by Crippen LogP contribution is -2.23. The molecule has 7 heteroatoms. The van der Waals surface area contributed by atoms with Gasteiger partial charge in [-0.1, -0.05) is 48.0 Å². The highest BCUT2D eigenvalue weighted by Crippen LogP contribution is 2.20. The van der Waals surface area contributed by atoms with E-state index in [9.17, 15) is 8.42 Å². The van der Waals surface area contributed by atoms with Crippen molar-refractivity contribution in [2.24, 2.45) is 0 Å². The molecule has 2 aromatic carbocycles. The summed E-state index contributed by atoms with van der Waals surface area (Å²) in [6.45, 7) is 4.81. The summed E-state index contributed by atoms with van der Waals surface area (Å²) >= 11 is 5.99. The van der Waals surface area contributed by atoms with E-state index in [-0.39, 0.29) is 16.5 Å². The third kappa shape index (κ3) is 4.33. The van der Waals surface area contributed by atoms with Crippen LogP contribution in [0.2, 0.25) is 5.02 Å². The summed E-state index contributed by atoms with van der Waals surface area (Å²) in [5.74, 6) is 0. The number of nitrogens with zero attached hydrogens (tertiary/aromatic N) is 2. The molecule has 26 heavy (non-hydrogen) atoms. The van der Waals surface area contributed by atoms with Crippen LogP contribution in [0, 0.1) is 13.8 Å². The number of halogens is 1. The van der Waals surface area contributed by atoms with Crippen LogP contribution in [0.5, 0.6) is 0 Å². The zero-order chi connectivity index (χ0) is 18.7. The van der Waals surface area contributed by atoms with Crippen LogP contribution in [0.1, 0.15) is 22.5 Å². The van der Waals surface area contributed by atoms with Crippen molar-refractivity contribution in [2.75, 3.05) is 0 Å². The predicted molar refractivity (Wildman–Crippen MR) is 103 cm³/mol. The van der Waals surface area contributed by atoms with Crippen molar-refractivity contribution in [3.63, 3.8) is 0 Å². The minimum absolute atomic E-state index is 0.0838. The van der Waals surface area contributed by atoms with Crippen LogP contribution in [0.4, 0.5) is 0 Å². The fourth-order valence-electron chi connectivity index (χ4n) is 2.76. The normalized spacial score (nSPS) is 11.7. The Kier molecular flexibility index (Phi) is 5.46. The third-order valence-electron chi connectivity index (χ3n) is 4.02. The maximum absolute atomic E-state index is 12.4. The van der Waals surface area contributed by atoms with E-state index < -0.39 is 10.0 Å². The van der Waals surface area contributed by atoms with Gasteiger partial charge < -0.3 is 0 Å². The monoisotopic (exact) mass is 389 g/mol. The Hall–Kier alpha value is -2.15. The number of hydrogen-bond acceptors (Lipinski definition) is 3. The summed E-state index contributed by atoms with van der Waals surface area (Å²) in [6, 6.07) is 16.2. The lowest BCUT2D eigenvalue weighted by molar-refractivity contribution is 0.581. The van der Waals surface area contributed by atoms with E-state index in [1.807, 2.05) is 48.9 Å². The lowest BCUT2D eigenvalue weighted by Gasteiger charge is -2.10. The molecule has 0 spiro atoms. The Morgan fingerprint density at radius 3 is 2.46 bits per heavy atom. The molecule has 0 radical (unpaired) electrons. The predicted octanol–water partition coefficient (Wildman–Crippen LogP) is 3.68. The van der Waals surface area contributed by atoms with Gasteiger partial charge in [0.15, 0.2) is 0 Å². The molecule has 1 heterocycles. The van der Waals surface area contributed by atoms with Gasteiger partial charge in [0.25, 0.3) is 0 Å². The molecule has 1 aromatic heterocycles. The van der Waals surface area contributed by atoms with Gasteiger partial charge in [0.2, 0.25) is 10.0 Å². The number of sulfonamides is 1. The molecule has 0 bridgehead atoms. The van der Waals surface area contributed by atoms with E-state index in [1.54, 1.807) is 18.2 Å². The van der Waals surface area contributed by atoms with Gasteiger partial charge in [0, 0.05) is 12.2 Å². The van der Waals surface area contributed by atoms with Crippen molar-refractivity contribution >= 4 is 21.6 Å². The van der Waals surface area contributed by atoms with Crippen molar-refractivity contribution < 1.29 is 8.42 Å². The first-order valence-corrected chi connectivity index (χ1v) is 10.0. The third-order valence-corrected chi connectivity index (χ3v) is 5.92. The van der Waals surface area contributed by atoms with Crippen LogP contribution in [-0.4, -0.2) is 18.2 Å². The first kappa shape index (κ1) is 18.6. The molecule has 0 aliphatic carbocycles. The highest BCUT2D eigenvalue weighted by atomic mass is 35.5. The van der Waals surface area contributed by atoms with Gasteiger partial charge >= 0.3 is 0 Å². The Labute approximate surface area is 158 Å². The molecule has 0 aliphatic heterocycles. The van der Waals surface area contributed by atoms with Crippen molar-refractivity contribution in [3.8, 4) is 0 Å². The summed E-state index contributed by atoms with van der Waals surface area (Å²) in [5.41, 5.74) is 4.00. The van der Waals surface area contributed by atoms with E-state index in [1.165, 1.54) is 6.07 Å². The van der Waals surface area contributed by atoms with Crippen LogP contribution in [0.15, 0.2) is 59.5 Å². The minimum atomic E-state index is -3.66. The summed E-state index contributed by atoms with van der Waals surface area (Å²) in [4.78, 5) is 0.0838. The van der Waals surface area contributed by atoms with Gasteiger partial charge in [-0.3, -0.25) is 4.68 Å². The summed E-state index contributed by atoms with van der Waals surface area (Å²) in [5, 5.41) is 4.67. The molecular formula is C19H20ClN3O2S. The largest absolute Gasteiger partial charge is 0.265 e. The fourth-order valence-corrected chi connectivity index (χ4v) is 4.30. The highest BCUT2D eigenvalue weighted by Gasteiger charge is 2.16. The highest BCUT2D eigenvalue weighted by molar-refractivity contribution is 7.89. The number of aryl methyl sites for hydroxylation is 2. The number of aromatic nitrogens is 2. The second kappa shape index (κ2) is 7.61. The summed E-state index contributed by atoms with van der Waals surface area (Å²) < 4.78 is 29.4. The SMILES string of the molecule is Cc1cc(C)n(Cc2cccc(CNS(=O)(=O)c3ccccc3Cl)c2)n1. The average Bonchev–Trinajstić information content (AvgIpc) is 2.91. The van der Waals surface area contributed by atoms with Gasteiger partial charge in [-0.15, -0.1) is 0 Å². The molecule has 136 valence electrons. The standard InChI is InChI=1S/C19H20ClN3O2S/c1-14-10-15(2)23(22-14)13-17-7-5-6-16(11-17)12-21-26(24,25)19-9-4-3-8-18(19)20/h3-11,21H,12-13H2,1-2H3. The zero-order valence-corrected chi connectivity index (χ0v) is 16.2. The minimum Gasteiger partial charge on any atom is -0.265 e. The molecular weight excluding hydrogens is 370 g/mol. The second-order valence-corrected chi connectivity index (χ2v) is 8.30. The molecule has 0 fully saturated rings. The van der Waals surface area contributed by atoms with Crippen LogP contribution in [0.3, 0.4) is 0 Å². The molecule has 0 saturated heterocycles. The Morgan fingerprint density at radius 2 is 1.77 bits per heavy atom. The van der Waals surface area contributed by atoms with Crippen molar-refractivity contribution in [3.05, 3.63) is 82.1 Å². The van der Waals surface area contributed by atoms with Crippen LogP contribution in [-0.2, 0) is 23.1 Å². The Morgan fingerprint density at radius 1 is 1.04 bits per heavy atom. The summed E-state index contributed by atoms with van der Waals surface area (Å²) in [7, 11) is -3.66. The molecule has 0 amide bonds. The number of hydrogen-bond donors (Lipinski definition) is 1. The van der Waals surface area contributed by atoms with Gasteiger partial charge in [0.05, 0.1) is 17.3 Å². The lowest BCUT2D eigenvalue weighted by atomic mass is 10.1. The van der Waals surface area contributed by atoms with Crippen LogP contribution >= 0.6 is 11.6 Å². The van der Waals surface area contributed by atoms with Gasteiger partial charge in [-0.25, -0.2) is 13.1 Å². The molecule has 1 N–H and O–H groups in total. The molecule has 3 aromatic rings. The number of nitrogens with one attached hydrogen (secondary N) is 1. The van der Waals surface area contributed by atoms with Crippen LogP contribution in [0.25, 0.3) is 0 Å². The fraction of sp³-hybridized carbons (Fsp3) is 0.211. The van der Waals surface area contributed by atoms with E-state index >= 15 is 0 Å². The molecule has 0 atom stereocenters. The Bertz CT molecular complexity index is 1030. The molecule has 0 saturated carbocycles. The maximum Gasteiger partial charge on any atom is 0.242 e. The van der Waals surface area contributed by atoms with Gasteiger partial charge in [-0.05, 0) is 43.2 Å². The van der Waals surface area contributed by atoms with Crippen molar-refractivity contribution in [2.45, 2.75) is 31.8 Å². The van der Waals surface area contributed by atoms with Crippen molar-refractivity contribution in [1.29, 1.82) is 0 Å². The first-order chi connectivity index (χ1) is 12.3. The maximum atomic E-state index is 12.4. The Balaban J connectivity index is 1.73. The second-order valence-electron chi connectivity index (χ2n) is 6.16. The molecule has 3 rings (SSSR count). The zero-order valence-electron chi connectivity index (χ0n) is 14.6. The van der Waals surface area contributed by atoms with Gasteiger partial charge in [0.1, 0.15) is 4.90 Å². The van der Waals surface area contributed by atoms with E-state index in [0.29, 0.717) is 6.54 Å². The van der Waals surface area contributed by atoms with E-state index in [2.05, 4.69) is 9.82 Å². The van der Waals surface area contributed by atoms with Crippen molar-refractivity contribution in [1.82, 2.24) is 14.5 Å². The quantitative estimate of drug-likeness (QED) is 0.699. The van der Waals surface area contributed by atoms with Crippen LogP contribution < -0.4 is 4.72 Å². The smallest absolute Gasteiger partial charge is 0.242 e. The molecule has 0 aliphatic rings. The summed E-state index contributed by atoms with van der Waals surface area (Å²) in [6.07, 6.45) is 0. The first-order valence-electron chi connectivity index (χ1n) is 8.18. The molecule has 5 nitrogen and oxygen atoms in total.